The topological polar surface area (TPSA) is 84.0 Å². The normalized spacial score (nSPS) is 15.4. The summed E-state index contributed by atoms with van der Waals surface area (Å²) in [6.45, 7) is 0.210. The van der Waals surface area contributed by atoms with Crippen LogP contribution in [-0.2, 0) is 11.4 Å². The van der Waals surface area contributed by atoms with Gasteiger partial charge in [0.25, 0.3) is 0 Å². The summed E-state index contributed by atoms with van der Waals surface area (Å²) in [5, 5.41) is 17.5. The molecular formula is C27H21N5O2S2. The number of carbonyl (C=O) groups excluding carboxylic acids is 1. The van der Waals surface area contributed by atoms with Crippen LogP contribution in [0.25, 0.3) is 22.5 Å². The number of benzene rings is 3. The molecule has 3 aromatic carbocycles. The minimum atomic E-state index is -0.108. The van der Waals surface area contributed by atoms with Crippen molar-refractivity contribution in [2.24, 2.45) is 0 Å². The van der Waals surface area contributed by atoms with Crippen LogP contribution < -0.4 is 9.64 Å². The largest absolute Gasteiger partial charge is 0.482 e. The Balaban J connectivity index is 1.27. The Labute approximate surface area is 216 Å². The first-order valence-corrected chi connectivity index (χ1v) is 13.3. The maximum absolute atomic E-state index is 12.7. The van der Waals surface area contributed by atoms with E-state index >= 15 is 0 Å². The zero-order valence-electron chi connectivity index (χ0n) is 19.1. The molecule has 1 unspecified atom stereocenters. The second-order valence-corrected chi connectivity index (χ2v) is 10.2. The average Bonchev–Trinajstić information content (AvgIpc) is 3.67. The van der Waals surface area contributed by atoms with Crippen LogP contribution >= 0.6 is 23.1 Å². The van der Waals surface area contributed by atoms with Crippen LogP contribution in [-0.4, -0.2) is 32.1 Å². The Hall–Kier alpha value is -3.95. The Morgan fingerprint density at radius 3 is 2.28 bits per heavy atom. The van der Waals surface area contributed by atoms with Crippen molar-refractivity contribution < 1.29 is 9.53 Å². The minimum absolute atomic E-state index is 0.0324. The van der Waals surface area contributed by atoms with Crippen LogP contribution in [0.1, 0.15) is 15.9 Å². The van der Waals surface area contributed by atoms with Gasteiger partial charge in [0, 0.05) is 11.1 Å². The summed E-state index contributed by atoms with van der Waals surface area (Å²) >= 11 is 2.97. The number of H-pyrrole nitrogens is 1. The van der Waals surface area contributed by atoms with E-state index in [-0.39, 0.29) is 17.9 Å². The van der Waals surface area contributed by atoms with Gasteiger partial charge in [-0.2, -0.15) is 5.10 Å². The number of hydrogen-bond acceptors (Lipinski definition) is 7. The van der Waals surface area contributed by atoms with Crippen molar-refractivity contribution >= 4 is 34.1 Å². The van der Waals surface area contributed by atoms with E-state index in [9.17, 15) is 4.79 Å². The fourth-order valence-corrected chi connectivity index (χ4v) is 6.11. The van der Waals surface area contributed by atoms with E-state index < -0.39 is 0 Å². The third kappa shape index (κ3) is 4.38. The number of nitrogens with one attached hydrogen (secondary N) is 1. The lowest BCUT2D eigenvalue weighted by Gasteiger charge is -2.20. The predicted octanol–water partition coefficient (Wildman–Crippen LogP) is 5.95. The van der Waals surface area contributed by atoms with Crippen molar-refractivity contribution in [3.63, 3.8) is 0 Å². The first-order valence-electron chi connectivity index (χ1n) is 11.4. The number of amides is 1. The summed E-state index contributed by atoms with van der Waals surface area (Å²) in [6.07, 6.45) is 0. The molecule has 5 aromatic rings. The maximum atomic E-state index is 12.7. The Morgan fingerprint density at radius 2 is 1.56 bits per heavy atom. The number of ether oxygens (including phenoxy) is 1. The van der Waals surface area contributed by atoms with Gasteiger partial charge in [0.05, 0.1) is 5.75 Å². The number of anilines is 1. The van der Waals surface area contributed by atoms with Gasteiger partial charge in [-0.1, -0.05) is 102 Å². The summed E-state index contributed by atoms with van der Waals surface area (Å²) in [5.74, 6) is 1.10. The highest BCUT2D eigenvalue weighted by atomic mass is 32.2. The van der Waals surface area contributed by atoms with Gasteiger partial charge >= 0.3 is 0 Å². The first-order chi connectivity index (χ1) is 17.8. The molecule has 0 bridgehead atoms. The molecule has 1 saturated heterocycles. The highest BCUT2D eigenvalue weighted by molar-refractivity contribution is 8.00. The van der Waals surface area contributed by atoms with E-state index in [1.165, 1.54) is 11.3 Å². The van der Waals surface area contributed by atoms with Gasteiger partial charge < -0.3 is 4.74 Å². The number of aromatic amines is 1. The van der Waals surface area contributed by atoms with E-state index in [1.54, 1.807) is 16.7 Å². The molecule has 2 aromatic heterocycles. The fraction of sp³-hybridized carbons (Fsp3) is 0.111. The van der Waals surface area contributed by atoms with Gasteiger partial charge in [-0.3, -0.25) is 14.8 Å². The molecule has 1 aliphatic rings. The summed E-state index contributed by atoms with van der Waals surface area (Å²) < 4.78 is 6.32. The van der Waals surface area contributed by atoms with Crippen LogP contribution in [0.15, 0.2) is 91.0 Å². The van der Waals surface area contributed by atoms with E-state index in [0.717, 1.165) is 28.1 Å². The van der Waals surface area contributed by atoms with Crippen molar-refractivity contribution in [2.45, 2.75) is 12.0 Å². The van der Waals surface area contributed by atoms with E-state index in [4.69, 9.17) is 4.74 Å². The minimum Gasteiger partial charge on any atom is -0.482 e. The number of thioether (sulfide) groups is 1. The molecule has 1 amide bonds. The van der Waals surface area contributed by atoms with E-state index in [2.05, 4.69) is 20.4 Å². The summed E-state index contributed by atoms with van der Waals surface area (Å²) in [7, 11) is 0. The van der Waals surface area contributed by atoms with E-state index in [1.807, 2.05) is 91.0 Å². The zero-order chi connectivity index (χ0) is 24.3. The SMILES string of the molecule is O=C1CSC(c2ccccc2)N1c1nnc(COc2c(-c3ccccc3)n[nH]c2-c2ccccc2)s1. The fourth-order valence-electron chi connectivity index (χ4n) is 4.09. The number of aromatic nitrogens is 4. The lowest BCUT2D eigenvalue weighted by atomic mass is 10.1. The average molecular weight is 512 g/mol. The predicted molar refractivity (Wildman–Crippen MR) is 143 cm³/mol. The quantitative estimate of drug-likeness (QED) is 0.291. The molecule has 1 fully saturated rings. The lowest BCUT2D eigenvalue weighted by Crippen LogP contribution is -2.27. The number of carbonyl (C=O) groups is 1. The standard InChI is InChI=1S/C27H21N5O2S2/c33-22-17-35-26(20-14-8-3-9-15-20)32(22)27-31-28-21(36-27)16-34-25-23(18-10-4-1-5-11-18)29-30-24(25)19-12-6-2-7-13-19/h1-15,26H,16-17H2,(H,29,30). The Kier molecular flexibility index (Phi) is 6.23. The maximum Gasteiger partial charge on any atom is 0.240 e. The summed E-state index contributed by atoms with van der Waals surface area (Å²) in [6, 6.07) is 29.9. The van der Waals surface area contributed by atoms with Crippen molar-refractivity contribution in [3.05, 3.63) is 102 Å². The summed E-state index contributed by atoms with van der Waals surface area (Å²) in [4.78, 5) is 14.5. The molecule has 1 aliphatic heterocycles. The van der Waals surface area contributed by atoms with Crippen LogP contribution in [0, 0.1) is 0 Å². The molecule has 6 rings (SSSR count). The highest BCUT2D eigenvalue weighted by Crippen LogP contribution is 2.43. The molecule has 0 aliphatic carbocycles. The first kappa shape index (κ1) is 22.5. The van der Waals surface area contributed by atoms with Crippen molar-refractivity contribution in [1.29, 1.82) is 0 Å². The molecule has 3 heterocycles. The molecule has 0 saturated carbocycles. The molecule has 7 nitrogen and oxygen atoms in total. The van der Waals surface area contributed by atoms with Gasteiger partial charge in [0.1, 0.15) is 23.4 Å². The molecular weight excluding hydrogens is 490 g/mol. The summed E-state index contributed by atoms with van der Waals surface area (Å²) in [5.41, 5.74) is 4.53. The van der Waals surface area contributed by atoms with Crippen LogP contribution in [0.5, 0.6) is 5.75 Å². The zero-order valence-corrected chi connectivity index (χ0v) is 20.7. The smallest absolute Gasteiger partial charge is 0.240 e. The van der Waals surface area contributed by atoms with Crippen LogP contribution in [0.4, 0.5) is 5.13 Å². The van der Waals surface area contributed by atoms with E-state index in [0.29, 0.717) is 21.6 Å². The van der Waals surface area contributed by atoms with Gasteiger partial charge in [-0.15, -0.1) is 22.0 Å². The Bertz CT molecular complexity index is 1420. The van der Waals surface area contributed by atoms with Gasteiger partial charge in [-0.05, 0) is 5.56 Å². The number of nitrogens with zero attached hydrogens (tertiary/aromatic N) is 4. The third-order valence-corrected chi connectivity index (χ3v) is 7.89. The van der Waals surface area contributed by atoms with Gasteiger partial charge in [-0.25, -0.2) is 0 Å². The molecule has 0 spiro atoms. The number of rotatable bonds is 7. The van der Waals surface area contributed by atoms with Crippen molar-refractivity contribution in [2.75, 3.05) is 10.7 Å². The van der Waals surface area contributed by atoms with Crippen LogP contribution in [0.3, 0.4) is 0 Å². The monoisotopic (exact) mass is 511 g/mol. The van der Waals surface area contributed by atoms with Gasteiger partial charge in [0.2, 0.25) is 11.0 Å². The molecule has 1 N–H and O–H groups in total. The molecule has 36 heavy (non-hydrogen) atoms. The van der Waals surface area contributed by atoms with Gasteiger partial charge in [0.15, 0.2) is 10.8 Å². The Morgan fingerprint density at radius 1 is 0.889 bits per heavy atom. The second-order valence-electron chi connectivity index (χ2n) is 8.11. The lowest BCUT2D eigenvalue weighted by molar-refractivity contribution is -0.115. The molecule has 0 radical (unpaired) electrons. The highest BCUT2D eigenvalue weighted by Gasteiger charge is 2.36. The third-order valence-electron chi connectivity index (χ3n) is 5.79. The molecule has 178 valence electrons. The molecule has 1 atom stereocenters. The van der Waals surface area contributed by atoms with Crippen LogP contribution in [0.2, 0.25) is 0 Å². The van der Waals surface area contributed by atoms with Crippen molar-refractivity contribution in [3.8, 4) is 28.3 Å². The number of hydrogen-bond donors (Lipinski definition) is 1. The molecule has 9 heteroatoms. The van der Waals surface area contributed by atoms with Crippen molar-refractivity contribution in [1.82, 2.24) is 20.4 Å². The second kappa shape index (κ2) is 9.96.